The lowest BCUT2D eigenvalue weighted by Gasteiger charge is -1.99. The second-order valence-electron chi connectivity index (χ2n) is 4.91. The van der Waals surface area contributed by atoms with E-state index in [1.54, 1.807) is 11.8 Å². The van der Waals surface area contributed by atoms with Crippen molar-refractivity contribution in [3.05, 3.63) is 30.5 Å². The molecule has 8 nitrogen and oxygen atoms in total. The van der Waals surface area contributed by atoms with Gasteiger partial charge in [0.2, 0.25) is 5.95 Å². The van der Waals surface area contributed by atoms with Crippen molar-refractivity contribution in [2.45, 2.75) is 0 Å². The van der Waals surface area contributed by atoms with E-state index >= 15 is 0 Å². The topological polar surface area (TPSA) is 96.1 Å². The first-order valence-electron chi connectivity index (χ1n) is 6.66. The summed E-state index contributed by atoms with van der Waals surface area (Å²) >= 11 is 0. The summed E-state index contributed by atoms with van der Waals surface area (Å²) < 4.78 is 8.37. The number of anilines is 1. The Morgan fingerprint density at radius 1 is 1.09 bits per heavy atom. The maximum atomic E-state index is 5.95. The van der Waals surface area contributed by atoms with Gasteiger partial charge in [-0.1, -0.05) is 0 Å². The van der Waals surface area contributed by atoms with Crippen LogP contribution in [0.4, 0.5) is 5.95 Å². The van der Waals surface area contributed by atoms with Crippen molar-refractivity contribution >= 4 is 22.6 Å². The average molecular weight is 295 g/mol. The minimum atomic E-state index is 0.258. The van der Waals surface area contributed by atoms with Gasteiger partial charge in [-0.2, -0.15) is 14.6 Å². The van der Waals surface area contributed by atoms with Crippen molar-refractivity contribution in [1.29, 1.82) is 0 Å². The first-order chi connectivity index (χ1) is 10.7. The highest BCUT2D eigenvalue weighted by atomic mass is 16.5. The zero-order valence-electron chi connectivity index (χ0n) is 12.1. The van der Waals surface area contributed by atoms with Gasteiger partial charge in [-0.15, -0.1) is 5.10 Å². The molecule has 1 aromatic carbocycles. The number of rotatable bonds is 2. The Hall–Kier alpha value is -3.16. The van der Waals surface area contributed by atoms with Crippen LogP contribution in [0.2, 0.25) is 0 Å². The summed E-state index contributed by atoms with van der Waals surface area (Å²) in [6.07, 6.45) is 1.85. The summed E-state index contributed by atoms with van der Waals surface area (Å²) in [5.74, 6) is 1.62. The van der Waals surface area contributed by atoms with Crippen LogP contribution >= 0.6 is 0 Å². The van der Waals surface area contributed by atoms with Gasteiger partial charge in [0.1, 0.15) is 5.75 Å². The fraction of sp³-hybridized carbons (Fsp3) is 0.143. The van der Waals surface area contributed by atoms with E-state index < -0.39 is 0 Å². The zero-order valence-corrected chi connectivity index (χ0v) is 12.1. The highest BCUT2D eigenvalue weighted by molar-refractivity contribution is 5.90. The first-order valence-corrected chi connectivity index (χ1v) is 6.66. The molecule has 0 aliphatic carbocycles. The van der Waals surface area contributed by atoms with Gasteiger partial charge in [0.25, 0.3) is 0 Å². The van der Waals surface area contributed by atoms with E-state index in [1.807, 2.05) is 37.5 Å². The summed E-state index contributed by atoms with van der Waals surface area (Å²) in [5.41, 5.74) is 8.02. The molecule has 4 rings (SSSR count). The van der Waals surface area contributed by atoms with Crippen molar-refractivity contribution in [2.24, 2.45) is 7.05 Å². The lowest BCUT2D eigenvalue weighted by atomic mass is 10.2. The Morgan fingerprint density at radius 2 is 1.86 bits per heavy atom. The number of fused-ring (bicyclic) bond motifs is 3. The molecule has 0 saturated carbocycles. The van der Waals surface area contributed by atoms with Crippen LogP contribution in [0.25, 0.3) is 28.1 Å². The number of benzene rings is 1. The second-order valence-corrected chi connectivity index (χ2v) is 4.91. The molecular weight excluding hydrogens is 282 g/mol. The van der Waals surface area contributed by atoms with Gasteiger partial charge in [0.15, 0.2) is 17.1 Å². The normalized spacial score (nSPS) is 11.4. The zero-order chi connectivity index (χ0) is 15.3. The Morgan fingerprint density at radius 3 is 2.59 bits per heavy atom. The number of aromatic nitrogens is 6. The largest absolute Gasteiger partial charge is 0.497 e. The number of hydrogen-bond donors (Lipinski definition) is 1. The number of hydrogen-bond acceptors (Lipinski definition) is 6. The second kappa shape index (κ2) is 4.42. The van der Waals surface area contributed by atoms with E-state index in [9.17, 15) is 0 Å². The molecule has 8 heteroatoms. The van der Waals surface area contributed by atoms with E-state index in [0.29, 0.717) is 17.1 Å². The maximum absolute atomic E-state index is 5.95. The van der Waals surface area contributed by atoms with Crippen molar-refractivity contribution in [2.75, 3.05) is 12.8 Å². The standard InChI is InChI=1S/C14H13N7O/c1-20-7-10-12(18-20)17-14(15)21-13(10)16-11(19-21)8-3-5-9(22-2)6-4-8/h3-7H,1-2H3,(H2,15,17,18). The molecule has 22 heavy (non-hydrogen) atoms. The van der Waals surface area contributed by atoms with Gasteiger partial charge in [-0.3, -0.25) is 4.68 Å². The maximum Gasteiger partial charge on any atom is 0.225 e. The highest BCUT2D eigenvalue weighted by Crippen LogP contribution is 2.23. The minimum Gasteiger partial charge on any atom is -0.497 e. The monoisotopic (exact) mass is 295 g/mol. The van der Waals surface area contributed by atoms with Crippen molar-refractivity contribution < 1.29 is 4.74 Å². The minimum absolute atomic E-state index is 0.258. The predicted octanol–water partition coefficient (Wildman–Crippen LogP) is 1.27. The number of methoxy groups -OCH3 is 1. The van der Waals surface area contributed by atoms with Crippen LogP contribution in [0.3, 0.4) is 0 Å². The average Bonchev–Trinajstić information content (AvgIpc) is 3.11. The van der Waals surface area contributed by atoms with E-state index in [2.05, 4.69) is 20.2 Å². The molecule has 3 heterocycles. The van der Waals surface area contributed by atoms with Crippen LogP contribution in [0.5, 0.6) is 5.75 Å². The van der Waals surface area contributed by atoms with Crippen LogP contribution in [-0.4, -0.2) is 36.5 Å². The number of aryl methyl sites for hydroxylation is 1. The molecule has 0 atom stereocenters. The van der Waals surface area contributed by atoms with Crippen molar-refractivity contribution in [3.8, 4) is 17.1 Å². The molecule has 0 fully saturated rings. The predicted molar refractivity (Wildman–Crippen MR) is 81.5 cm³/mol. The Kier molecular flexibility index (Phi) is 2.52. The van der Waals surface area contributed by atoms with Crippen LogP contribution in [0.1, 0.15) is 0 Å². The van der Waals surface area contributed by atoms with Crippen LogP contribution in [0.15, 0.2) is 30.5 Å². The third kappa shape index (κ3) is 1.77. The summed E-state index contributed by atoms with van der Waals surface area (Å²) in [6, 6.07) is 7.53. The fourth-order valence-electron chi connectivity index (χ4n) is 2.38. The van der Waals surface area contributed by atoms with E-state index in [-0.39, 0.29) is 5.95 Å². The van der Waals surface area contributed by atoms with E-state index in [4.69, 9.17) is 10.5 Å². The highest BCUT2D eigenvalue weighted by Gasteiger charge is 2.15. The molecule has 110 valence electrons. The van der Waals surface area contributed by atoms with Crippen molar-refractivity contribution in [1.82, 2.24) is 29.4 Å². The Labute approximate surface area is 125 Å². The van der Waals surface area contributed by atoms with Gasteiger partial charge < -0.3 is 10.5 Å². The van der Waals surface area contributed by atoms with Gasteiger partial charge in [0.05, 0.1) is 12.5 Å². The molecule has 0 spiro atoms. The molecule has 4 aromatic rings. The summed E-state index contributed by atoms with van der Waals surface area (Å²) in [4.78, 5) is 8.82. The van der Waals surface area contributed by atoms with E-state index in [0.717, 1.165) is 16.7 Å². The lowest BCUT2D eigenvalue weighted by molar-refractivity contribution is 0.415. The fourth-order valence-corrected chi connectivity index (χ4v) is 2.38. The molecular formula is C14H13N7O. The Balaban J connectivity index is 1.95. The smallest absolute Gasteiger partial charge is 0.225 e. The molecule has 0 aliphatic heterocycles. The molecule has 0 saturated heterocycles. The van der Waals surface area contributed by atoms with E-state index in [1.165, 1.54) is 4.52 Å². The third-order valence-corrected chi connectivity index (χ3v) is 3.44. The molecule has 3 aromatic heterocycles. The molecule has 2 N–H and O–H groups in total. The number of nitrogens with zero attached hydrogens (tertiary/aromatic N) is 6. The van der Waals surface area contributed by atoms with Gasteiger partial charge >= 0.3 is 0 Å². The molecule has 0 aliphatic rings. The number of ether oxygens (including phenoxy) is 1. The third-order valence-electron chi connectivity index (χ3n) is 3.44. The summed E-state index contributed by atoms with van der Waals surface area (Å²) in [7, 11) is 3.46. The number of nitrogen functional groups attached to an aromatic ring is 1. The van der Waals surface area contributed by atoms with Gasteiger partial charge in [0, 0.05) is 18.8 Å². The van der Waals surface area contributed by atoms with Crippen LogP contribution in [-0.2, 0) is 7.05 Å². The Bertz CT molecular complexity index is 984. The molecule has 0 bridgehead atoms. The molecule has 0 unspecified atom stereocenters. The SMILES string of the molecule is COc1ccc(-c2nc3c4cn(C)nc4nc(N)n3n2)cc1. The van der Waals surface area contributed by atoms with Gasteiger partial charge in [-0.25, -0.2) is 4.98 Å². The molecule has 0 amide bonds. The van der Waals surface area contributed by atoms with Crippen LogP contribution in [0, 0.1) is 0 Å². The number of nitrogens with two attached hydrogens (primary N) is 1. The first kappa shape index (κ1) is 12.6. The van der Waals surface area contributed by atoms with Crippen molar-refractivity contribution in [3.63, 3.8) is 0 Å². The summed E-state index contributed by atoms with van der Waals surface area (Å²) in [5, 5.41) is 9.50. The summed E-state index contributed by atoms with van der Waals surface area (Å²) in [6.45, 7) is 0. The molecule has 0 radical (unpaired) electrons. The lowest BCUT2D eigenvalue weighted by Crippen LogP contribution is -2.02. The van der Waals surface area contributed by atoms with Crippen LogP contribution < -0.4 is 10.5 Å². The van der Waals surface area contributed by atoms with Gasteiger partial charge in [-0.05, 0) is 24.3 Å². The quantitative estimate of drug-likeness (QED) is 0.598.